The van der Waals surface area contributed by atoms with Gasteiger partial charge >= 0.3 is 0 Å². The van der Waals surface area contributed by atoms with E-state index in [-0.39, 0.29) is 0 Å². The van der Waals surface area contributed by atoms with E-state index in [9.17, 15) is 0 Å². The van der Waals surface area contributed by atoms with Gasteiger partial charge in [-0.1, -0.05) is 87.6 Å². The Morgan fingerprint density at radius 3 is 2.36 bits per heavy atom. The first-order valence-corrected chi connectivity index (χ1v) is 12.6. The van der Waals surface area contributed by atoms with Gasteiger partial charge in [0.2, 0.25) is 0 Å². The lowest BCUT2D eigenvalue weighted by Gasteiger charge is -2.09. The van der Waals surface area contributed by atoms with Crippen LogP contribution in [0, 0.1) is 0 Å². The highest BCUT2D eigenvalue weighted by molar-refractivity contribution is 5.21. The molecule has 0 amide bonds. The van der Waals surface area contributed by atoms with Crippen molar-refractivity contribution in [3.05, 3.63) is 84.9 Å². The van der Waals surface area contributed by atoms with E-state index < -0.39 is 0 Å². The minimum Gasteiger partial charge on any atom is -0.498 e. The highest BCUT2D eigenvalue weighted by Crippen LogP contribution is 2.11. The van der Waals surface area contributed by atoms with Gasteiger partial charge in [-0.2, -0.15) is 0 Å². The molecule has 0 radical (unpaired) electrons. The van der Waals surface area contributed by atoms with Gasteiger partial charge in [0.25, 0.3) is 0 Å². The second-order valence-corrected chi connectivity index (χ2v) is 8.29. The molecular formula is C29H42N2O2. The lowest BCUT2D eigenvalue weighted by Crippen LogP contribution is -1.95. The smallest absolute Gasteiger partial charge is 0.130 e. The average molecular weight is 451 g/mol. The first-order chi connectivity index (χ1) is 16.4. The maximum Gasteiger partial charge on any atom is 0.130 e. The van der Waals surface area contributed by atoms with E-state index in [4.69, 9.17) is 9.47 Å². The van der Waals surface area contributed by atoms with Crippen LogP contribution < -0.4 is 0 Å². The molecule has 0 N–H and O–H groups in total. The van der Waals surface area contributed by atoms with E-state index in [1.807, 2.05) is 35.3 Å². The minimum atomic E-state index is 0.601. The highest BCUT2D eigenvalue weighted by atomic mass is 16.5. The Balaban J connectivity index is 1.34. The van der Waals surface area contributed by atoms with Crippen molar-refractivity contribution in [2.24, 2.45) is 0 Å². The predicted molar refractivity (Wildman–Crippen MR) is 138 cm³/mol. The van der Waals surface area contributed by atoms with Gasteiger partial charge in [-0.25, -0.2) is 4.98 Å². The third-order valence-electron chi connectivity index (χ3n) is 5.43. The monoisotopic (exact) mass is 450 g/mol. The van der Waals surface area contributed by atoms with E-state index in [0.717, 1.165) is 38.0 Å². The minimum absolute atomic E-state index is 0.601. The van der Waals surface area contributed by atoms with Crippen LogP contribution in [0.3, 0.4) is 0 Å². The fourth-order valence-electron chi connectivity index (χ4n) is 3.44. The molecule has 0 saturated heterocycles. The molecule has 2 rings (SSSR count). The van der Waals surface area contributed by atoms with Crippen LogP contribution in [0.15, 0.2) is 79.3 Å². The Kier molecular flexibility index (Phi) is 15.1. The van der Waals surface area contributed by atoms with Crippen LogP contribution >= 0.6 is 0 Å². The molecule has 4 nitrogen and oxygen atoms in total. The zero-order valence-corrected chi connectivity index (χ0v) is 20.4. The molecule has 0 aliphatic rings. The topological polar surface area (TPSA) is 36.3 Å². The Labute approximate surface area is 201 Å². The molecule has 0 bridgehead atoms. The lowest BCUT2D eigenvalue weighted by atomic mass is 10.1. The molecular weight excluding hydrogens is 408 g/mol. The van der Waals surface area contributed by atoms with Crippen molar-refractivity contribution in [3.8, 4) is 0 Å². The fourth-order valence-corrected chi connectivity index (χ4v) is 3.44. The van der Waals surface area contributed by atoms with Crippen molar-refractivity contribution in [2.45, 2.75) is 84.2 Å². The summed E-state index contributed by atoms with van der Waals surface area (Å²) in [5.74, 6) is 0.916. The standard InChI is InChI=1S/C29H42N2O2/c1-2-29(33-25-28-19-15-14-16-20-28)26-32-24-18-13-11-9-7-5-3-4-6-8-10-12-17-22-31-23-21-30-27-31/h6,8,14-17,19-23,26-27H,2-5,7,9-13,18,24-25H2,1H3/b8-6+,22-17+,29-26-. The van der Waals surface area contributed by atoms with Crippen molar-refractivity contribution >= 4 is 6.20 Å². The van der Waals surface area contributed by atoms with Crippen molar-refractivity contribution in [3.63, 3.8) is 0 Å². The summed E-state index contributed by atoms with van der Waals surface area (Å²) in [6.07, 6.45) is 29.5. The number of rotatable bonds is 19. The number of benzene rings is 1. The quantitative estimate of drug-likeness (QED) is 0.123. The fraction of sp³-hybridized carbons (Fsp3) is 0.483. The Morgan fingerprint density at radius 1 is 0.879 bits per heavy atom. The Bertz CT molecular complexity index is 779. The maximum absolute atomic E-state index is 5.84. The van der Waals surface area contributed by atoms with Gasteiger partial charge in [0.15, 0.2) is 0 Å². The van der Waals surface area contributed by atoms with Gasteiger partial charge in [0.05, 0.1) is 12.9 Å². The summed E-state index contributed by atoms with van der Waals surface area (Å²) in [5.41, 5.74) is 1.18. The van der Waals surface area contributed by atoms with Gasteiger partial charge in [-0.15, -0.1) is 0 Å². The third kappa shape index (κ3) is 14.1. The van der Waals surface area contributed by atoms with E-state index in [0.29, 0.717) is 6.61 Å². The predicted octanol–water partition coefficient (Wildman–Crippen LogP) is 8.30. The molecule has 1 aromatic heterocycles. The first-order valence-electron chi connectivity index (χ1n) is 12.6. The summed E-state index contributed by atoms with van der Waals surface area (Å²) < 4.78 is 13.5. The lowest BCUT2D eigenvalue weighted by molar-refractivity contribution is 0.159. The van der Waals surface area contributed by atoms with Crippen molar-refractivity contribution in [1.29, 1.82) is 0 Å². The molecule has 1 aromatic carbocycles. The van der Waals surface area contributed by atoms with E-state index >= 15 is 0 Å². The first kappa shape index (κ1) is 26.5. The van der Waals surface area contributed by atoms with Crippen LogP contribution in [0.4, 0.5) is 0 Å². The summed E-state index contributed by atoms with van der Waals surface area (Å²) in [6.45, 7) is 3.47. The number of hydrogen-bond donors (Lipinski definition) is 0. The van der Waals surface area contributed by atoms with Crippen molar-refractivity contribution in [2.75, 3.05) is 6.61 Å². The molecule has 180 valence electrons. The van der Waals surface area contributed by atoms with Gasteiger partial charge in [-0.05, 0) is 37.7 Å². The average Bonchev–Trinajstić information content (AvgIpc) is 3.37. The van der Waals surface area contributed by atoms with Crippen LogP contribution in [-0.2, 0) is 16.1 Å². The zero-order chi connectivity index (χ0) is 23.2. The number of unbranched alkanes of at least 4 members (excludes halogenated alkanes) is 8. The number of ether oxygens (including phenoxy) is 2. The summed E-state index contributed by atoms with van der Waals surface area (Å²) in [5, 5.41) is 0. The highest BCUT2D eigenvalue weighted by Gasteiger charge is 1.98. The largest absolute Gasteiger partial charge is 0.498 e. The van der Waals surface area contributed by atoms with E-state index in [1.165, 1.54) is 50.5 Å². The molecule has 0 aliphatic heterocycles. The van der Waals surface area contributed by atoms with Gasteiger partial charge in [0.1, 0.15) is 18.6 Å². The van der Waals surface area contributed by atoms with Crippen LogP contribution in [0.1, 0.15) is 83.1 Å². The van der Waals surface area contributed by atoms with Crippen LogP contribution in [0.25, 0.3) is 6.20 Å². The van der Waals surface area contributed by atoms with Crippen LogP contribution in [0.5, 0.6) is 0 Å². The maximum atomic E-state index is 5.84. The number of nitrogens with zero attached hydrogens (tertiary/aromatic N) is 2. The van der Waals surface area contributed by atoms with Gasteiger partial charge < -0.3 is 14.0 Å². The summed E-state index contributed by atoms with van der Waals surface area (Å²) in [7, 11) is 0. The molecule has 2 aromatic rings. The molecule has 33 heavy (non-hydrogen) atoms. The number of hydrogen-bond acceptors (Lipinski definition) is 3. The van der Waals surface area contributed by atoms with Gasteiger partial charge in [0, 0.05) is 25.0 Å². The molecule has 4 heteroatoms. The van der Waals surface area contributed by atoms with E-state index in [1.54, 1.807) is 12.5 Å². The van der Waals surface area contributed by atoms with Crippen molar-refractivity contribution in [1.82, 2.24) is 9.55 Å². The zero-order valence-electron chi connectivity index (χ0n) is 20.4. The Morgan fingerprint density at radius 2 is 1.61 bits per heavy atom. The normalized spacial score (nSPS) is 12.1. The summed E-state index contributed by atoms with van der Waals surface area (Å²) >= 11 is 0. The molecule has 0 fully saturated rings. The third-order valence-corrected chi connectivity index (χ3v) is 5.43. The van der Waals surface area contributed by atoms with Crippen LogP contribution in [0.2, 0.25) is 0 Å². The second-order valence-electron chi connectivity index (χ2n) is 8.29. The molecule has 0 spiro atoms. The second kappa shape index (κ2) is 18.8. The molecule has 0 aliphatic carbocycles. The van der Waals surface area contributed by atoms with Crippen LogP contribution in [-0.4, -0.2) is 16.2 Å². The SMILES string of the molecule is CC/C(=C/OCCCCCCCCC/C=C/CC/C=C/n1ccnc1)OCc1ccccc1. The molecule has 0 atom stereocenters. The summed E-state index contributed by atoms with van der Waals surface area (Å²) in [4.78, 5) is 4.02. The number of imidazole rings is 1. The van der Waals surface area contributed by atoms with E-state index in [2.05, 4.69) is 48.5 Å². The molecule has 0 unspecified atom stereocenters. The molecule has 1 heterocycles. The van der Waals surface area contributed by atoms with Crippen molar-refractivity contribution < 1.29 is 9.47 Å². The number of aromatic nitrogens is 2. The number of allylic oxidation sites excluding steroid dienone is 4. The summed E-state index contributed by atoms with van der Waals surface area (Å²) in [6, 6.07) is 10.3. The van der Waals surface area contributed by atoms with Gasteiger partial charge in [-0.3, -0.25) is 0 Å². The Hall–Kier alpha value is -2.75. The molecule has 0 saturated carbocycles.